The van der Waals surface area contributed by atoms with Crippen LogP contribution in [0.3, 0.4) is 0 Å². The topological polar surface area (TPSA) is 42.3 Å². The molecule has 0 aromatic heterocycles. The third kappa shape index (κ3) is 127. The Balaban J connectivity index is -0.0000000365. The van der Waals surface area contributed by atoms with Gasteiger partial charge in [0.2, 0.25) is 0 Å². The number of rotatable bonds is 0. The average molecular weight is 274 g/mol. The van der Waals surface area contributed by atoms with Gasteiger partial charge < -0.3 is 22.9 Å². The smallest absolute Gasteiger partial charge is 0 e. The van der Waals surface area contributed by atoms with Gasteiger partial charge in [-0.2, -0.15) is 67.4 Å². The average Bonchev–Trinajstić information content (AvgIpc) is 2.81. The van der Waals surface area contributed by atoms with Crippen molar-refractivity contribution in [3.8, 4) is 0 Å². The van der Waals surface area contributed by atoms with Gasteiger partial charge in [-0.1, -0.05) is 0 Å². The van der Waals surface area contributed by atoms with Crippen LogP contribution in [0.25, 0.3) is 16.0 Å². The summed E-state index contributed by atoms with van der Waals surface area (Å²) < 4.78 is 0. The molecule has 0 amide bonds. The van der Waals surface area contributed by atoms with Crippen LogP contribution in [0, 0.1) is 6.92 Å². The molecule has 0 bridgehead atoms. The fourth-order valence-electron chi connectivity index (χ4n) is 0.321. The van der Waals surface area contributed by atoms with Gasteiger partial charge in [0.15, 0.2) is 0 Å². The number of hydrogen-bond acceptors (Lipinski definition) is 0. The normalized spacial score (nSPS) is 5.88. The maximum atomic E-state index is 3.50. The van der Waals surface area contributed by atoms with E-state index in [0.29, 0.717) is 0 Å². The van der Waals surface area contributed by atoms with Gasteiger partial charge in [-0.15, -0.1) is 0 Å². The fraction of sp³-hybridized carbons (Fsp3) is 0.538. The summed E-state index contributed by atoms with van der Waals surface area (Å²) >= 11 is 0. The summed E-state index contributed by atoms with van der Waals surface area (Å²) in [5.41, 5.74) is 0. The van der Waals surface area contributed by atoms with Crippen LogP contribution >= 0.6 is 0 Å². The maximum absolute atomic E-state index is 3.50. The van der Waals surface area contributed by atoms with E-state index in [9.17, 15) is 0 Å². The zero-order chi connectivity index (χ0) is 13.7. The molecule has 0 spiro atoms. The molecule has 17 heavy (non-hydrogen) atoms. The van der Waals surface area contributed by atoms with E-state index in [2.05, 4.69) is 22.9 Å². The van der Waals surface area contributed by atoms with E-state index in [1.807, 2.05) is 30.3 Å². The van der Waals surface area contributed by atoms with Crippen molar-refractivity contribution in [2.24, 2.45) is 0 Å². The zero-order valence-electron chi connectivity index (χ0n) is 12.4. The Bertz CT molecular complexity index is 100. The molecule has 0 aliphatic rings. The van der Waals surface area contributed by atoms with Gasteiger partial charge >= 0.3 is 0 Å². The van der Waals surface area contributed by atoms with E-state index in [4.69, 9.17) is 0 Å². The Morgan fingerprint density at radius 3 is 0.941 bits per heavy atom. The molecule has 0 aliphatic carbocycles. The predicted molar refractivity (Wildman–Crippen MR) is 78.7 cm³/mol. The molecule has 0 saturated heterocycles. The Hall–Kier alpha value is -0.0557. The second kappa shape index (κ2) is 56.4. The summed E-state index contributed by atoms with van der Waals surface area (Å²) in [5, 5.41) is 10.5. The molecule has 0 saturated carbocycles. The van der Waals surface area contributed by atoms with Crippen LogP contribution < -0.4 is 0 Å². The van der Waals surface area contributed by atoms with Crippen LogP contribution in [0.2, 0.25) is 0 Å². The quantitative estimate of drug-likeness (QED) is 0.505. The molecule has 104 valence electrons. The molecular weight excluding hydrogens is 246 g/mol. The third-order valence-electron chi connectivity index (χ3n) is 0.556. The van der Waals surface area contributed by atoms with Crippen LogP contribution in [-0.4, -0.2) is 42.3 Å². The van der Waals surface area contributed by atoms with E-state index >= 15 is 0 Å². The number of nitrogens with zero attached hydrogens (tertiary/aromatic N) is 3. The first-order valence-electron chi connectivity index (χ1n) is 5.06. The van der Waals surface area contributed by atoms with E-state index in [1.165, 1.54) is 0 Å². The molecule has 3 nitrogen and oxygen atoms in total. The molecule has 0 radical (unpaired) electrons. The molecule has 0 fully saturated rings. The van der Waals surface area contributed by atoms with Gasteiger partial charge in [-0.3, -0.25) is 0 Å². The second-order valence-electron chi connectivity index (χ2n) is 2.30. The molecular formula is C13H28N3Ti-5. The summed E-state index contributed by atoms with van der Waals surface area (Å²) in [6, 6.07) is 10.0. The number of hydrogen-bond donors (Lipinski definition) is 0. The fourth-order valence-corrected chi connectivity index (χ4v) is 0.321. The van der Waals surface area contributed by atoms with Gasteiger partial charge in [0.1, 0.15) is 0 Å². The summed E-state index contributed by atoms with van der Waals surface area (Å²) in [6.07, 6.45) is 0. The van der Waals surface area contributed by atoms with Gasteiger partial charge in [-0.05, 0) is 0 Å². The minimum atomic E-state index is 0. The Morgan fingerprint density at radius 1 is 0.706 bits per heavy atom. The van der Waals surface area contributed by atoms with Crippen LogP contribution in [0.4, 0.5) is 0 Å². The van der Waals surface area contributed by atoms with Crippen molar-refractivity contribution in [3.05, 3.63) is 53.2 Å². The third-order valence-corrected chi connectivity index (χ3v) is 0.556. The van der Waals surface area contributed by atoms with Crippen LogP contribution in [0.5, 0.6) is 0 Å². The first-order chi connectivity index (χ1) is 7.74. The maximum Gasteiger partial charge on any atom is 0 e. The van der Waals surface area contributed by atoms with Gasteiger partial charge in [0, 0.05) is 21.7 Å². The first kappa shape index (κ1) is 30.2. The molecule has 1 rings (SSSR count). The zero-order valence-corrected chi connectivity index (χ0v) is 14.0. The van der Waals surface area contributed by atoms with Crippen molar-refractivity contribution in [3.63, 3.8) is 0 Å². The van der Waals surface area contributed by atoms with Crippen molar-refractivity contribution in [2.75, 3.05) is 42.3 Å². The second-order valence-corrected chi connectivity index (χ2v) is 2.30. The summed E-state index contributed by atoms with van der Waals surface area (Å²) in [6.45, 7) is 5.00. The molecule has 0 unspecified atom stereocenters. The predicted octanol–water partition coefficient (Wildman–Crippen LogP) is 4.10. The summed E-state index contributed by atoms with van der Waals surface area (Å²) in [5.74, 6) is 0. The van der Waals surface area contributed by atoms with E-state index in [1.54, 1.807) is 49.2 Å². The van der Waals surface area contributed by atoms with Crippen molar-refractivity contribution in [1.29, 1.82) is 0 Å². The minimum Gasteiger partial charge on any atom is -0.668 e. The molecule has 1 aromatic rings. The Morgan fingerprint density at radius 2 is 0.882 bits per heavy atom. The van der Waals surface area contributed by atoms with Crippen LogP contribution in [-0.2, 0) is 21.7 Å². The SMILES string of the molecule is C[N-]C.C[N-]C.C[N-]C.[CH2-]C.[Ti].c1cc[cH-]c1. The molecule has 4 heteroatoms. The van der Waals surface area contributed by atoms with E-state index in [-0.39, 0.29) is 21.7 Å². The van der Waals surface area contributed by atoms with E-state index < -0.39 is 0 Å². The molecule has 1 aromatic carbocycles. The Labute approximate surface area is 124 Å². The van der Waals surface area contributed by atoms with Crippen molar-refractivity contribution < 1.29 is 21.7 Å². The van der Waals surface area contributed by atoms with Gasteiger partial charge in [0.05, 0.1) is 0 Å². The summed E-state index contributed by atoms with van der Waals surface area (Å²) in [7, 11) is 10.5. The minimum absolute atomic E-state index is 0. The molecule has 0 aliphatic heterocycles. The molecule has 0 atom stereocenters. The van der Waals surface area contributed by atoms with Gasteiger partial charge in [0.25, 0.3) is 0 Å². The molecule has 0 N–H and O–H groups in total. The standard InChI is InChI=1S/C5H5.3C2H6N.C2H5.Ti/c1-2-4-5-3-1;3*1-3-2;1-2;/h1-5H;3*1-2H3;1H2,2H3;/q5*-1;. The van der Waals surface area contributed by atoms with Crippen LogP contribution in [0.1, 0.15) is 6.92 Å². The molecule has 0 heterocycles. The van der Waals surface area contributed by atoms with Crippen molar-refractivity contribution in [1.82, 2.24) is 0 Å². The largest absolute Gasteiger partial charge is 0.668 e. The van der Waals surface area contributed by atoms with Crippen molar-refractivity contribution >= 4 is 0 Å². The Kier molecular flexibility index (Phi) is 100. The monoisotopic (exact) mass is 274 g/mol. The summed E-state index contributed by atoms with van der Waals surface area (Å²) in [4.78, 5) is 0. The van der Waals surface area contributed by atoms with Crippen molar-refractivity contribution in [2.45, 2.75) is 6.92 Å². The first-order valence-corrected chi connectivity index (χ1v) is 5.06. The van der Waals surface area contributed by atoms with E-state index in [0.717, 1.165) is 0 Å². The van der Waals surface area contributed by atoms with Crippen LogP contribution in [0.15, 0.2) is 30.3 Å². The van der Waals surface area contributed by atoms with Gasteiger partial charge in [-0.25, -0.2) is 12.1 Å².